The average molecular weight is 302 g/mol. The minimum absolute atomic E-state index is 0.152. The number of likely N-dealkylation sites (tertiary alicyclic amines) is 1. The van der Waals surface area contributed by atoms with Crippen LogP contribution in [0.25, 0.3) is 0 Å². The molecule has 0 unspecified atom stereocenters. The van der Waals surface area contributed by atoms with E-state index < -0.39 is 18.1 Å². The van der Waals surface area contributed by atoms with Crippen molar-refractivity contribution >= 4 is 11.9 Å². The lowest BCUT2D eigenvalue weighted by atomic mass is 10.1. The summed E-state index contributed by atoms with van der Waals surface area (Å²) < 4.78 is 0. The number of aliphatic carboxylic acids is 1. The van der Waals surface area contributed by atoms with Crippen LogP contribution in [0.15, 0.2) is 43.0 Å². The largest absolute Gasteiger partial charge is 0.480 e. The number of carboxylic acids is 1. The van der Waals surface area contributed by atoms with E-state index in [1.54, 1.807) is 6.08 Å². The van der Waals surface area contributed by atoms with E-state index in [2.05, 4.69) is 11.9 Å². The molecule has 1 amide bonds. The molecule has 22 heavy (non-hydrogen) atoms. The molecule has 2 rings (SSSR count). The van der Waals surface area contributed by atoms with Gasteiger partial charge in [-0.2, -0.15) is 0 Å². The van der Waals surface area contributed by atoms with Gasteiger partial charge >= 0.3 is 5.97 Å². The molecule has 1 aromatic rings. The summed E-state index contributed by atoms with van der Waals surface area (Å²) in [4.78, 5) is 25.3. The summed E-state index contributed by atoms with van der Waals surface area (Å²) in [6, 6.07) is 8.68. The number of carboxylic acid groups (broad SMARTS) is 1. The maximum Gasteiger partial charge on any atom is 0.326 e. The predicted molar refractivity (Wildman–Crippen MR) is 84.3 cm³/mol. The fourth-order valence-electron chi connectivity index (χ4n) is 2.76. The molecule has 2 atom stereocenters. The Morgan fingerprint density at radius 3 is 2.77 bits per heavy atom. The highest BCUT2D eigenvalue weighted by atomic mass is 16.4. The van der Waals surface area contributed by atoms with Crippen LogP contribution < -0.4 is 5.32 Å². The molecule has 2 N–H and O–H groups in total. The normalized spacial score (nSPS) is 18.9. The number of nitrogens with one attached hydrogen (secondary N) is 1. The predicted octanol–water partition coefficient (Wildman–Crippen LogP) is 1.80. The van der Waals surface area contributed by atoms with Crippen LogP contribution >= 0.6 is 0 Å². The van der Waals surface area contributed by atoms with Gasteiger partial charge in [-0.05, 0) is 24.8 Å². The SMILES string of the molecule is C=CC[C@H](NCc1ccccc1)C(=O)N1CCC[C@H]1C(=O)O. The number of carbonyl (C=O) groups excluding carboxylic acids is 1. The Balaban J connectivity index is 2.01. The second-order valence-corrected chi connectivity index (χ2v) is 5.47. The first-order valence-electron chi connectivity index (χ1n) is 7.55. The Labute approximate surface area is 130 Å². The highest BCUT2D eigenvalue weighted by Gasteiger charge is 2.36. The monoisotopic (exact) mass is 302 g/mol. The number of benzene rings is 1. The molecule has 1 saturated heterocycles. The molecule has 0 aromatic heterocycles. The van der Waals surface area contributed by atoms with Crippen molar-refractivity contribution in [1.82, 2.24) is 10.2 Å². The number of rotatable bonds is 7. The Hall–Kier alpha value is -2.14. The molecule has 0 saturated carbocycles. The molecule has 0 aliphatic carbocycles. The first-order chi connectivity index (χ1) is 10.6. The van der Waals surface area contributed by atoms with Crippen molar-refractivity contribution in [3.63, 3.8) is 0 Å². The van der Waals surface area contributed by atoms with E-state index >= 15 is 0 Å². The van der Waals surface area contributed by atoms with Crippen molar-refractivity contribution in [2.75, 3.05) is 6.54 Å². The standard InChI is InChI=1S/C17H22N2O3/c1-2-7-14(18-12-13-8-4-3-5-9-13)16(20)19-11-6-10-15(19)17(21)22/h2-5,8-9,14-15,18H,1,6-7,10-12H2,(H,21,22)/t14-,15-/m0/s1. The van der Waals surface area contributed by atoms with Gasteiger partial charge in [-0.3, -0.25) is 4.79 Å². The van der Waals surface area contributed by atoms with Gasteiger partial charge in [-0.15, -0.1) is 6.58 Å². The molecule has 1 fully saturated rings. The molecule has 1 aliphatic rings. The van der Waals surface area contributed by atoms with E-state index in [9.17, 15) is 14.7 Å². The van der Waals surface area contributed by atoms with Gasteiger partial charge in [0.25, 0.3) is 0 Å². The Bertz CT molecular complexity index is 530. The third kappa shape index (κ3) is 3.95. The van der Waals surface area contributed by atoms with Gasteiger partial charge in [0, 0.05) is 13.1 Å². The van der Waals surface area contributed by atoms with E-state index in [1.165, 1.54) is 4.90 Å². The lowest BCUT2D eigenvalue weighted by Gasteiger charge is -2.27. The van der Waals surface area contributed by atoms with E-state index in [4.69, 9.17) is 0 Å². The molecule has 1 aromatic carbocycles. The van der Waals surface area contributed by atoms with Gasteiger partial charge in [0.1, 0.15) is 6.04 Å². The summed E-state index contributed by atoms with van der Waals surface area (Å²) in [6.07, 6.45) is 3.43. The maximum absolute atomic E-state index is 12.6. The highest BCUT2D eigenvalue weighted by molar-refractivity contribution is 5.87. The second-order valence-electron chi connectivity index (χ2n) is 5.47. The number of carbonyl (C=O) groups is 2. The van der Waals surface area contributed by atoms with Crippen molar-refractivity contribution in [2.45, 2.75) is 37.9 Å². The quantitative estimate of drug-likeness (QED) is 0.754. The lowest BCUT2D eigenvalue weighted by molar-refractivity contribution is -0.149. The molecule has 1 heterocycles. The second kappa shape index (κ2) is 7.75. The van der Waals surface area contributed by atoms with Crippen LogP contribution in [0.4, 0.5) is 0 Å². The fourth-order valence-corrected chi connectivity index (χ4v) is 2.76. The zero-order chi connectivity index (χ0) is 15.9. The first-order valence-corrected chi connectivity index (χ1v) is 7.55. The number of hydrogen-bond donors (Lipinski definition) is 2. The van der Waals surface area contributed by atoms with Crippen molar-refractivity contribution in [2.24, 2.45) is 0 Å². The van der Waals surface area contributed by atoms with Crippen molar-refractivity contribution in [1.29, 1.82) is 0 Å². The summed E-state index contributed by atoms with van der Waals surface area (Å²) in [7, 11) is 0. The fraction of sp³-hybridized carbons (Fsp3) is 0.412. The number of amides is 1. The molecule has 5 heteroatoms. The van der Waals surface area contributed by atoms with Gasteiger partial charge in [0.2, 0.25) is 5.91 Å². The smallest absolute Gasteiger partial charge is 0.326 e. The van der Waals surface area contributed by atoms with Crippen LogP contribution in [0.2, 0.25) is 0 Å². The van der Waals surface area contributed by atoms with Gasteiger partial charge < -0.3 is 15.3 Å². The van der Waals surface area contributed by atoms with E-state index in [0.29, 0.717) is 25.9 Å². The minimum Gasteiger partial charge on any atom is -0.480 e. The summed E-state index contributed by atoms with van der Waals surface area (Å²) in [5.41, 5.74) is 1.08. The highest BCUT2D eigenvalue weighted by Crippen LogP contribution is 2.19. The van der Waals surface area contributed by atoms with Gasteiger partial charge in [0.05, 0.1) is 6.04 Å². The molecular formula is C17H22N2O3. The van der Waals surface area contributed by atoms with Gasteiger partial charge in [-0.1, -0.05) is 36.4 Å². The zero-order valence-electron chi connectivity index (χ0n) is 12.6. The Morgan fingerprint density at radius 2 is 2.14 bits per heavy atom. The molecular weight excluding hydrogens is 280 g/mol. The van der Waals surface area contributed by atoms with Crippen LogP contribution in [-0.4, -0.2) is 40.5 Å². The molecule has 0 spiro atoms. The minimum atomic E-state index is -0.925. The van der Waals surface area contributed by atoms with Crippen molar-refractivity contribution in [3.8, 4) is 0 Å². The lowest BCUT2D eigenvalue weighted by Crippen LogP contribution is -2.50. The van der Waals surface area contributed by atoms with Gasteiger partial charge in [-0.25, -0.2) is 4.79 Å². The summed E-state index contributed by atoms with van der Waals surface area (Å²) in [6.45, 7) is 4.77. The van der Waals surface area contributed by atoms with Crippen molar-refractivity contribution in [3.05, 3.63) is 48.6 Å². The third-order valence-electron chi connectivity index (χ3n) is 3.92. The van der Waals surface area contributed by atoms with Crippen LogP contribution in [-0.2, 0) is 16.1 Å². The zero-order valence-corrected chi connectivity index (χ0v) is 12.6. The van der Waals surface area contributed by atoms with Crippen LogP contribution in [0, 0.1) is 0 Å². The Kier molecular flexibility index (Phi) is 5.72. The molecule has 0 radical (unpaired) electrons. The summed E-state index contributed by atoms with van der Waals surface area (Å²) in [5, 5.41) is 12.4. The van der Waals surface area contributed by atoms with E-state index in [-0.39, 0.29) is 5.91 Å². The first kappa shape index (κ1) is 16.2. The van der Waals surface area contributed by atoms with Crippen molar-refractivity contribution < 1.29 is 14.7 Å². The Morgan fingerprint density at radius 1 is 1.41 bits per heavy atom. The van der Waals surface area contributed by atoms with E-state index in [0.717, 1.165) is 12.0 Å². The maximum atomic E-state index is 12.6. The molecule has 1 aliphatic heterocycles. The molecule has 5 nitrogen and oxygen atoms in total. The molecule has 118 valence electrons. The van der Waals surface area contributed by atoms with Crippen LogP contribution in [0.5, 0.6) is 0 Å². The average Bonchev–Trinajstić information content (AvgIpc) is 3.01. The third-order valence-corrected chi connectivity index (χ3v) is 3.92. The number of nitrogens with zero attached hydrogens (tertiary/aromatic N) is 1. The summed E-state index contributed by atoms with van der Waals surface area (Å²) >= 11 is 0. The van der Waals surface area contributed by atoms with Crippen LogP contribution in [0.3, 0.4) is 0 Å². The van der Waals surface area contributed by atoms with E-state index in [1.807, 2.05) is 30.3 Å². The van der Waals surface area contributed by atoms with Gasteiger partial charge in [0.15, 0.2) is 0 Å². The molecule has 0 bridgehead atoms. The summed E-state index contributed by atoms with van der Waals surface area (Å²) in [5.74, 6) is -1.08. The van der Waals surface area contributed by atoms with Crippen LogP contribution in [0.1, 0.15) is 24.8 Å². The topological polar surface area (TPSA) is 69.6 Å². The number of hydrogen-bond acceptors (Lipinski definition) is 3.